The van der Waals surface area contributed by atoms with Gasteiger partial charge in [-0.05, 0) is 0 Å². The van der Waals surface area contributed by atoms with Gasteiger partial charge in [0.1, 0.15) is 13.5 Å². The van der Waals surface area contributed by atoms with Crippen LogP contribution in [0.5, 0.6) is 0 Å². The first kappa shape index (κ1) is 34.3. The lowest BCUT2D eigenvalue weighted by atomic mass is 10.3. The molecular weight excluding hydrogens is 525 g/mol. The summed E-state index contributed by atoms with van der Waals surface area (Å²) in [7, 11) is -1.26. The maximum absolute atomic E-state index is 12.0. The van der Waals surface area contributed by atoms with Crippen LogP contribution in [0.15, 0.2) is 0 Å². The molecule has 0 amide bonds. The predicted octanol–water partition coefficient (Wildman–Crippen LogP) is -1.84. The van der Waals surface area contributed by atoms with E-state index in [2.05, 4.69) is 9.84 Å². The van der Waals surface area contributed by atoms with Gasteiger partial charge in [-0.3, -0.25) is 38.5 Å². The number of nitrogens with zero attached hydrogens (tertiary/aromatic N) is 4. The molecule has 38 heavy (non-hydrogen) atoms. The minimum absolute atomic E-state index is 0.0806. The highest BCUT2D eigenvalue weighted by molar-refractivity contribution is 7.52. The van der Waals surface area contributed by atoms with Crippen LogP contribution in [0.1, 0.15) is 13.8 Å². The third-order valence-electron chi connectivity index (χ3n) is 5.86. The fourth-order valence-electron chi connectivity index (χ4n) is 3.59. The maximum atomic E-state index is 12.0. The van der Waals surface area contributed by atoms with Crippen LogP contribution in [-0.4, -0.2) is 160 Å². The molecule has 16 heteroatoms. The number of ether oxygens (including phenoxy) is 3. The molecule has 1 aliphatic heterocycles. The van der Waals surface area contributed by atoms with E-state index in [0.29, 0.717) is 52.4 Å². The van der Waals surface area contributed by atoms with E-state index in [9.17, 15) is 28.9 Å². The lowest BCUT2D eigenvalue weighted by molar-refractivity contribution is -0.148. The highest BCUT2D eigenvalue weighted by Crippen LogP contribution is 2.38. The highest BCUT2D eigenvalue weighted by Gasteiger charge is 2.21. The second kappa shape index (κ2) is 18.6. The van der Waals surface area contributed by atoms with Gasteiger partial charge < -0.3 is 34.1 Å². The van der Waals surface area contributed by atoms with Crippen LogP contribution in [-0.2, 0) is 37.7 Å². The molecule has 0 aliphatic carbocycles. The molecule has 3 N–H and O–H groups in total. The van der Waals surface area contributed by atoms with Crippen molar-refractivity contribution >= 4 is 25.5 Å². The highest BCUT2D eigenvalue weighted by atomic mass is 31.2. The van der Waals surface area contributed by atoms with Gasteiger partial charge in [0.25, 0.3) is 0 Å². The van der Waals surface area contributed by atoms with Crippen LogP contribution >= 0.6 is 7.60 Å². The van der Waals surface area contributed by atoms with E-state index in [-0.39, 0.29) is 45.4 Å². The molecule has 0 aromatic heterocycles. The molecule has 0 radical (unpaired) electrons. The lowest BCUT2D eigenvalue weighted by Gasteiger charge is -2.34. The molecule has 1 aliphatic rings. The number of β-amino-alcohol motifs (C(OH)–C–C–N with tert-alkyl or cyclic N) is 1. The second-order valence-electron chi connectivity index (χ2n) is 9.01. The van der Waals surface area contributed by atoms with E-state index >= 15 is 0 Å². The summed E-state index contributed by atoms with van der Waals surface area (Å²) >= 11 is 0. The summed E-state index contributed by atoms with van der Waals surface area (Å²) in [6.07, 6.45) is -1.12. The molecule has 1 fully saturated rings. The average molecular weight is 570 g/mol. The Labute approximate surface area is 224 Å². The molecule has 1 saturated heterocycles. The Kier molecular flexibility index (Phi) is 16.8. The van der Waals surface area contributed by atoms with Crippen molar-refractivity contribution in [2.75, 3.05) is 106 Å². The Morgan fingerprint density at radius 3 is 1.71 bits per heavy atom. The minimum Gasteiger partial charge on any atom is -0.468 e. The Morgan fingerprint density at radius 2 is 1.29 bits per heavy atom. The van der Waals surface area contributed by atoms with Gasteiger partial charge in [-0.15, -0.1) is 0 Å². The number of aliphatic hydroxyl groups excluding tert-OH is 1. The van der Waals surface area contributed by atoms with Crippen molar-refractivity contribution in [3.63, 3.8) is 0 Å². The summed E-state index contributed by atoms with van der Waals surface area (Å²) in [6.45, 7) is 7.38. The summed E-state index contributed by atoms with van der Waals surface area (Å²) in [5.74, 6) is -1.17. The van der Waals surface area contributed by atoms with Gasteiger partial charge in [0.2, 0.25) is 0 Å². The molecule has 0 spiro atoms. The Hall–Kier alpha value is -1.68. The number of nitrogens with one attached hydrogen (secondary N) is 1. The van der Waals surface area contributed by atoms with Crippen LogP contribution < -0.4 is 5.32 Å². The molecule has 0 bridgehead atoms. The number of hydrogen-bond acceptors (Lipinski definition) is 14. The standard InChI is InChI=1S/C22H44N5O10P/c1-19(28)36-17-26-9-7-24(14-21(30)13-23-16-38(32,33)35-4)5-6-25(15-22(31)34-3)8-10-27(12-11-26)18-37-20(2)29/h21,23,30H,5-18H2,1-4H3,(H,32,33). The quantitative estimate of drug-likeness (QED) is 0.128. The van der Waals surface area contributed by atoms with Gasteiger partial charge in [-0.25, -0.2) is 0 Å². The number of esters is 3. The molecule has 2 unspecified atom stereocenters. The van der Waals surface area contributed by atoms with Crippen LogP contribution in [0.2, 0.25) is 0 Å². The largest absolute Gasteiger partial charge is 0.468 e. The molecule has 15 nitrogen and oxygen atoms in total. The van der Waals surface area contributed by atoms with Gasteiger partial charge in [-0.1, -0.05) is 0 Å². The molecule has 0 saturated carbocycles. The lowest BCUT2D eigenvalue weighted by Crippen LogP contribution is -2.49. The first-order valence-corrected chi connectivity index (χ1v) is 14.2. The summed E-state index contributed by atoms with van der Waals surface area (Å²) in [5, 5.41) is 13.3. The van der Waals surface area contributed by atoms with Crippen molar-refractivity contribution in [1.82, 2.24) is 24.9 Å². The fraction of sp³-hybridized carbons (Fsp3) is 0.864. The van der Waals surface area contributed by atoms with Crippen LogP contribution in [0.4, 0.5) is 0 Å². The Bertz CT molecular complexity index is 777. The summed E-state index contributed by atoms with van der Waals surface area (Å²) < 4.78 is 31.4. The van der Waals surface area contributed by atoms with Crippen molar-refractivity contribution in [2.45, 2.75) is 20.0 Å². The summed E-state index contributed by atoms with van der Waals surface area (Å²) in [6, 6.07) is 0. The van der Waals surface area contributed by atoms with Gasteiger partial charge in [0.15, 0.2) is 0 Å². The summed E-state index contributed by atoms with van der Waals surface area (Å²) in [4.78, 5) is 52.1. The Balaban J connectivity index is 2.93. The first-order chi connectivity index (χ1) is 17.9. The van der Waals surface area contributed by atoms with E-state index in [4.69, 9.17) is 14.2 Å². The summed E-state index contributed by atoms with van der Waals surface area (Å²) in [5.41, 5.74) is 0. The van der Waals surface area contributed by atoms with E-state index in [1.54, 1.807) is 0 Å². The van der Waals surface area contributed by atoms with Crippen LogP contribution in [0.3, 0.4) is 0 Å². The topological polar surface area (TPSA) is 171 Å². The normalized spacial score (nSPS) is 19.9. The number of carbonyl (C=O) groups is 3. The van der Waals surface area contributed by atoms with Crippen molar-refractivity contribution < 1.29 is 47.7 Å². The molecule has 222 valence electrons. The van der Waals surface area contributed by atoms with Crippen LogP contribution in [0.25, 0.3) is 0 Å². The van der Waals surface area contributed by atoms with Crippen LogP contribution in [0, 0.1) is 0 Å². The predicted molar refractivity (Wildman–Crippen MR) is 137 cm³/mol. The smallest absolute Gasteiger partial charge is 0.341 e. The third kappa shape index (κ3) is 16.3. The zero-order valence-electron chi connectivity index (χ0n) is 22.9. The molecular formula is C22H44N5O10P. The SMILES string of the molecule is COC(=O)CN1CCN(COC(C)=O)CCN(COC(C)=O)CCN(CC(O)CNCP(=O)(O)OC)CC1. The van der Waals surface area contributed by atoms with Crippen molar-refractivity contribution in [3.05, 3.63) is 0 Å². The van der Waals surface area contributed by atoms with Crippen molar-refractivity contribution in [3.8, 4) is 0 Å². The number of carbonyl (C=O) groups excluding carboxylic acids is 3. The average Bonchev–Trinajstić information content (AvgIpc) is 2.85. The molecule has 0 aromatic carbocycles. The number of methoxy groups -OCH3 is 1. The maximum Gasteiger partial charge on any atom is 0.341 e. The molecule has 0 aromatic rings. The van der Waals surface area contributed by atoms with Crippen molar-refractivity contribution in [2.24, 2.45) is 0 Å². The molecule has 1 rings (SSSR count). The van der Waals surface area contributed by atoms with Gasteiger partial charge in [0, 0.05) is 86.4 Å². The number of hydrogen-bond donors (Lipinski definition) is 3. The number of rotatable bonds is 13. The monoisotopic (exact) mass is 569 g/mol. The van der Waals surface area contributed by atoms with Gasteiger partial charge in [0.05, 0.1) is 26.0 Å². The van der Waals surface area contributed by atoms with E-state index in [1.165, 1.54) is 21.0 Å². The molecule has 1 heterocycles. The molecule has 2 atom stereocenters. The fourth-order valence-corrected chi connectivity index (χ4v) is 4.13. The third-order valence-corrected chi connectivity index (χ3v) is 7.05. The zero-order chi connectivity index (χ0) is 28.6. The Morgan fingerprint density at radius 1 is 0.842 bits per heavy atom. The van der Waals surface area contributed by atoms with Gasteiger partial charge in [-0.2, -0.15) is 0 Å². The van der Waals surface area contributed by atoms with E-state index in [0.717, 1.165) is 7.11 Å². The second-order valence-corrected chi connectivity index (χ2v) is 11.0. The number of aliphatic hydroxyl groups is 1. The van der Waals surface area contributed by atoms with E-state index in [1.807, 2.05) is 19.6 Å². The first-order valence-electron chi connectivity index (χ1n) is 12.4. The zero-order valence-corrected chi connectivity index (χ0v) is 23.8. The van der Waals surface area contributed by atoms with E-state index < -0.39 is 25.6 Å². The minimum atomic E-state index is -3.74. The van der Waals surface area contributed by atoms with Gasteiger partial charge >= 0.3 is 25.5 Å². The van der Waals surface area contributed by atoms with Crippen molar-refractivity contribution in [1.29, 1.82) is 0 Å².